The molecule has 2 aromatic heterocycles. The molecule has 0 aliphatic heterocycles. The van der Waals surface area contributed by atoms with Gasteiger partial charge in [-0.05, 0) is 35.9 Å². The third kappa shape index (κ3) is 4.73. The Labute approximate surface area is 199 Å². The van der Waals surface area contributed by atoms with Gasteiger partial charge in [-0.15, -0.1) is 9.78 Å². The lowest BCUT2D eigenvalue weighted by Gasteiger charge is -2.17. The molecule has 12 heteroatoms. The molecule has 0 aliphatic carbocycles. The molecule has 5 N–H and O–H groups in total. The lowest BCUT2D eigenvalue weighted by Crippen LogP contribution is -2.28. The van der Waals surface area contributed by atoms with E-state index < -0.39 is 18.4 Å². The van der Waals surface area contributed by atoms with E-state index in [0.29, 0.717) is 28.3 Å². The Kier molecular flexibility index (Phi) is 6.83. The molecule has 0 unspecified atom stereocenters. The SMILES string of the molecule is COc1cc(OCCF)cc([C@H](N)c2nn(-c3ncccn3)c(=O)n2-c2ccccc2C(=N)N)c1. The second-order valence-electron chi connectivity index (χ2n) is 7.32. The molecule has 0 fully saturated rings. The number of methoxy groups -OCH3 is 1. The number of benzene rings is 2. The summed E-state index contributed by atoms with van der Waals surface area (Å²) in [4.78, 5) is 21.8. The molecule has 0 saturated heterocycles. The van der Waals surface area contributed by atoms with Crippen molar-refractivity contribution < 1.29 is 13.9 Å². The lowest BCUT2D eigenvalue weighted by atomic mass is 10.1. The van der Waals surface area contributed by atoms with Crippen molar-refractivity contribution in [2.45, 2.75) is 6.04 Å². The van der Waals surface area contributed by atoms with Crippen LogP contribution in [0.3, 0.4) is 0 Å². The van der Waals surface area contributed by atoms with E-state index in [2.05, 4.69) is 15.1 Å². The van der Waals surface area contributed by atoms with Gasteiger partial charge in [-0.1, -0.05) is 12.1 Å². The number of aromatic nitrogens is 5. The molecule has 0 bridgehead atoms. The fourth-order valence-electron chi connectivity index (χ4n) is 3.52. The summed E-state index contributed by atoms with van der Waals surface area (Å²) in [5.74, 6) is 0.703. The number of para-hydroxylation sites is 1. The number of nitrogens with one attached hydrogen (secondary N) is 1. The molecule has 0 saturated carbocycles. The quantitative estimate of drug-likeness (QED) is 0.241. The van der Waals surface area contributed by atoms with Gasteiger partial charge in [-0.2, -0.15) is 0 Å². The van der Waals surface area contributed by atoms with Crippen LogP contribution >= 0.6 is 0 Å². The maximum Gasteiger partial charge on any atom is 0.358 e. The first-order chi connectivity index (χ1) is 16.9. The highest BCUT2D eigenvalue weighted by atomic mass is 19.1. The molecule has 0 radical (unpaired) electrons. The maximum absolute atomic E-state index is 13.6. The van der Waals surface area contributed by atoms with Crippen molar-refractivity contribution in [3.05, 3.63) is 88.4 Å². The zero-order valence-electron chi connectivity index (χ0n) is 18.8. The Balaban J connectivity index is 1.94. The van der Waals surface area contributed by atoms with Crippen LogP contribution in [0, 0.1) is 5.41 Å². The summed E-state index contributed by atoms with van der Waals surface area (Å²) >= 11 is 0. The number of hydrogen-bond acceptors (Lipinski definition) is 8. The van der Waals surface area contributed by atoms with Gasteiger partial charge in [-0.3, -0.25) is 5.41 Å². The van der Waals surface area contributed by atoms with Gasteiger partial charge in [0, 0.05) is 24.0 Å². The lowest BCUT2D eigenvalue weighted by molar-refractivity contribution is 0.271. The average Bonchev–Trinajstić information content (AvgIpc) is 3.23. The van der Waals surface area contributed by atoms with E-state index in [1.165, 1.54) is 24.1 Å². The number of halogens is 1. The first-order valence-corrected chi connectivity index (χ1v) is 10.5. The van der Waals surface area contributed by atoms with E-state index in [1.54, 1.807) is 48.5 Å². The molecule has 0 amide bonds. The van der Waals surface area contributed by atoms with E-state index >= 15 is 0 Å². The number of alkyl halides is 1. The van der Waals surface area contributed by atoms with Crippen molar-refractivity contribution >= 4 is 5.84 Å². The average molecular weight is 478 g/mol. The molecule has 2 aromatic carbocycles. The van der Waals surface area contributed by atoms with Gasteiger partial charge < -0.3 is 20.9 Å². The number of ether oxygens (including phenoxy) is 2. The normalized spacial score (nSPS) is 11.7. The van der Waals surface area contributed by atoms with Crippen molar-refractivity contribution in [3.8, 4) is 23.1 Å². The summed E-state index contributed by atoms with van der Waals surface area (Å²) in [5, 5.41) is 12.4. The predicted octanol–water partition coefficient (Wildman–Crippen LogP) is 1.50. The fourth-order valence-corrected chi connectivity index (χ4v) is 3.52. The third-order valence-electron chi connectivity index (χ3n) is 5.10. The zero-order chi connectivity index (χ0) is 24.9. The molecule has 1 atom stereocenters. The van der Waals surface area contributed by atoms with Gasteiger partial charge in [0.15, 0.2) is 5.82 Å². The van der Waals surface area contributed by atoms with Crippen LogP contribution < -0.4 is 26.6 Å². The minimum absolute atomic E-state index is 0.0441. The van der Waals surface area contributed by atoms with Crippen LogP contribution in [0.2, 0.25) is 0 Å². The van der Waals surface area contributed by atoms with Crippen molar-refractivity contribution in [3.63, 3.8) is 0 Å². The highest BCUT2D eigenvalue weighted by molar-refractivity contribution is 5.98. The fraction of sp³-hybridized carbons (Fsp3) is 0.174. The van der Waals surface area contributed by atoms with Gasteiger partial charge in [0.2, 0.25) is 0 Å². The number of rotatable bonds is 9. The van der Waals surface area contributed by atoms with Gasteiger partial charge >= 0.3 is 5.69 Å². The predicted molar refractivity (Wildman–Crippen MR) is 126 cm³/mol. The Hall–Kier alpha value is -4.58. The summed E-state index contributed by atoms with van der Waals surface area (Å²) in [6.07, 6.45) is 2.96. The van der Waals surface area contributed by atoms with Crippen molar-refractivity contribution in [2.24, 2.45) is 11.5 Å². The van der Waals surface area contributed by atoms with E-state index in [1.807, 2.05) is 0 Å². The highest BCUT2D eigenvalue weighted by Crippen LogP contribution is 2.29. The highest BCUT2D eigenvalue weighted by Gasteiger charge is 2.26. The monoisotopic (exact) mass is 478 g/mol. The topological polar surface area (TPSA) is 160 Å². The zero-order valence-corrected chi connectivity index (χ0v) is 18.8. The molecule has 2 heterocycles. The Morgan fingerprint density at radius 1 is 1.14 bits per heavy atom. The standard InChI is InChI=1S/C23H23FN8O3/c1-34-15-11-14(12-16(13-15)35-10-7-24)19(25)21-30-32(22-28-8-4-9-29-22)23(33)31(21)18-6-3-2-5-17(18)20(26)27/h2-6,8-9,11-13,19H,7,10,25H2,1H3,(H3,26,27)/t19-/m0/s1. The summed E-state index contributed by atoms with van der Waals surface area (Å²) in [5.41, 5.74) is 12.9. The number of nitrogens with two attached hydrogens (primary N) is 2. The third-order valence-corrected chi connectivity index (χ3v) is 5.10. The van der Waals surface area contributed by atoms with Crippen LogP contribution in [0.15, 0.2) is 65.7 Å². The molecule has 4 rings (SSSR count). The Morgan fingerprint density at radius 2 is 1.86 bits per heavy atom. The van der Waals surface area contributed by atoms with E-state index in [-0.39, 0.29) is 24.2 Å². The summed E-state index contributed by atoms with van der Waals surface area (Å²) in [6, 6.07) is 12.2. The minimum Gasteiger partial charge on any atom is -0.497 e. The summed E-state index contributed by atoms with van der Waals surface area (Å²) < 4.78 is 25.7. The molecule has 0 aliphatic rings. The van der Waals surface area contributed by atoms with Crippen LogP contribution in [0.4, 0.5) is 4.39 Å². The summed E-state index contributed by atoms with van der Waals surface area (Å²) in [7, 11) is 1.48. The summed E-state index contributed by atoms with van der Waals surface area (Å²) in [6.45, 7) is -0.806. The van der Waals surface area contributed by atoms with Crippen molar-refractivity contribution in [1.82, 2.24) is 24.3 Å². The van der Waals surface area contributed by atoms with Gasteiger partial charge in [-0.25, -0.2) is 23.7 Å². The van der Waals surface area contributed by atoms with Crippen LogP contribution in [0.25, 0.3) is 11.6 Å². The van der Waals surface area contributed by atoms with Gasteiger partial charge in [0.05, 0.1) is 18.8 Å². The minimum atomic E-state index is -0.962. The molecule has 4 aromatic rings. The van der Waals surface area contributed by atoms with E-state index in [4.69, 9.17) is 26.4 Å². The van der Waals surface area contributed by atoms with Crippen LogP contribution in [-0.4, -0.2) is 50.5 Å². The molecule has 35 heavy (non-hydrogen) atoms. The largest absolute Gasteiger partial charge is 0.497 e. The first kappa shape index (κ1) is 23.6. The number of nitrogens with zero attached hydrogens (tertiary/aromatic N) is 5. The van der Waals surface area contributed by atoms with Gasteiger partial charge in [0.1, 0.15) is 30.6 Å². The Bertz CT molecular complexity index is 1400. The first-order valence-electron chi connectivity index (χ1n) is 10.5. The second-order valence-corrected chi connectivity index (χ2v) is 7.32. The van der Waals surface area contributed by atoms with Crippen LogP contribution in [0.1, 0.15) is 23.0 Å². The Morgan fingerprint density at radius 3 is 2.54 bits per heavy atom. The number of hydrogen-bond donors (Lipinski definition) is 3. The van der Waals surface area contributed by atoms with E-state index in [9.17, 15) is 9.18 Å². The number of nitrogen functional groups attached to an aromatic ring is 1. The smallest absolute Gasteiger partial charge is 0.358 e. The molecule has 0 spiro atoms. The molecular formula is C23H23FN8O3. The number of amidine groups is 1. The van der Waals surface area contributed by atoms with Crippen LogP contribution in [-0.2, 0) is 0 Å². The van der Waals surface area contributed by atoms with E-state index in [0.717, 1.165) is 4.68 Å². The molecule has 180 valence electrons. The molecular weight excluding hydrogens is 455 g/mol. The van der Waals surface area contributed by atoms with Gasteiger partial charge in [0.25, 0.3) is 5.95 Å². The molecule has 11 nitrogen and oxygen atoms in total. The van der Waals surface area contributed by atoms with Crippen LogP contribution in [0.5, 0.6) is 11.5 Å². The second kappa shape index (κ2) is 10.1. The maximum atomic E-state index is 13.6. The van der Waals surface area contributed by atoms with Crippen molar-refractivity contribution in [1.29, 1.82) is 5.41 Å². The van der Waals surface area contributed by atoms with Crippen molar-refractivity contribution in [2.75, 3.05) is 20.4 Å².